The van der Waals surface area contributed by atoms with Crippen molar-refractivity contribution in [2.75, 3.05) is 0 Å². The van der Waals surface area contributed by atoms with Crippen molar-refractivity contribution in [1.29, 1.82) is 0 Å². The number of rotatable bonds is 2. The van der Waals surface area contributed by atoms with Crippen LogP contribution in [0.2, 0.25) is 0 Å². The number of nitrogens with zero attached hydrogens (tertiary/aromatic N) is 2. The highest BCUT2D eigenvalue weighted by atomic mass is 16.5. The topological polar surface area (TPSA) is 27.1 Å². The second-order valence-corrected chi connectivity index (χ2v) is 6.85. The molecular formula is C19H22N2O. The maximum Gasteiger partial charge on any atom is 0.133 e. The Balaban J connectivity index is 2.11. The molecule has 114 valence electrons. The van der Waals surface area contributed by atoms with E-state index in [9.17, 15) is 0 Å². The van der Waals surface area contributed by atoms with Gasteiger partial charge >= 0.3 is 0 Å². The molecule has 1 aliphatic heterocycles. The molecule has 3 nitrogen and oxygen atoms in total. The van der Waals surface area contributed by atoms with Gasteiger partial charge in [0, 0.05) is 22.9 Å². The number of benzene rings is 2. The molecule has 22 heavy (non-hydrogen) atoms. The van der Waals surface area contributed by atoms with Crippen molar-refractivity contribution in [3.8, 4) is 5.75 Å². The first-order chi connectivity index (χ1) is 10.6. The molecule has 0 bridgehead atoms. The Bertz CT molecular complexity index is 861. The van der Waals surface area contributed by atoms with Crippen LogP contribution in [-0.4, -0.2) is 15.2 Å². The Morgan fingerprint density at radius 3 is 2.77 bits per heavy atom. The molecule has 0 saturated heterocycles. The summed E-state index contributed by atoms with van der Waals surface area (Å²) in [6.07, 6.45) is 5.17. The fraction of sp³-hybridized carbons (Fsp3) is 0.421. The van der Waals surface area contributed by atoms with Crippen LogP contribution in [0.4, 0.5) is 0 Å². The monoisotopic (exact) mass is 294 g/mol. The molecule has 0 unspecified atom stereocenters. The number of aromatic nitrogens is 2. The van der Waals surface area contributed by atoms with Gasteiger partial charge in [-0.25, -0.2) is 4.98 Å². The van der Waals surface area contributed by atoms with E-state index in [2.05, 4.69) is 49.6 Å². The van der Waals surface area contributed by atoms with E-state index in [0.29, 0.717) is 0 Å². The lowest BCUT2D eigenvalue weighted by atomic mass is 9.91. The fourth-order valence-electron chi connectivity index (χ4n) is 3.56. The van der Waals surface area contributed by atoms with Gasteiger partial charge in [-0.15, -0.1) is 0 Å². The molecule has 3 heteroatoms. The summed E-state index contributed by atoms with van der Waals surface area (Å²) in [6.45, 7) is 7.55. The van der Waals surface area contributed by atoms with Crippen molar-refractivity contribution in [1.82, 2.24) is 9.55 Å². The molecule has 0 amide bonds. The van der Waals surface area contributed by atoms with Crippen LogP contribution in [-0.2, 0) is 13.0 Å². The molecule has 1 aromatic heterocycles. The van der Waals surface area contributed by atoms with Crippen molar-refractivity contribution >= 4 is 21.8 Å². The smallest absolute Gasteiger partial charge is 0.133 e. The van der Waals surface area contributed by atoms with Gasteiger partial charge in [-0.1, -0.05) is 31.2 Å². The maximum atomic E-state index is 6.36. The predicted octanol–water partition coefficient (Wildman–Crippen LogP) is 4.70. The van der Waals surface area contributed by atoms with E-state index in [4.69, 9.17) is 9.72 Å². The zero-order chi connectivity index (χ0) is 15.3. The number of fused-ring (bicyclic) bond motifs is 6. The zero-order valence-electron chi connectivity index (χ0n) is 13.5. The maximum absolute atomic E-state index is 6.36. The zero-order valence-corrected chi connectivity index (χ0v) is 13.5. The van der Waals surface area contributed by atoms with Crippen LogP contribution in [0.1, 0.15) is 39.2 Å². The van der Waals surface area contributed by atoms with Gasteiger partial charge in [0.05, 0.1) is 17.4 Å². The minimum absolute atomic E-state index is 0.102. The average molecular weight is 294 g/mol. The van der Waals surface area contributed by atoms with Crippen molar-refractivity contribution < 1.29 is 4.74 Å². The number of ether oxygens (including phenoxy) is 1. The molecule has 0 saturated carbocycles. The minimum atomic E-state index is -0.102. The molecule has 2 aromatic carbocycles. The highest BCUT2D eigenvalue weighted by molar-refractivity contribution is 6.09. The summed E-state index contributed by atoms with van der Waals surface area (Å²) in [6, 6.07) is 8.57. The number of hydrogen-bond donors (Lipinski definition) is 0. The van der Waals surface area contributed by atoms with E-state index in [-0.39, 0.29) is 5.60 Å². The second kappa shape index (κ2) is 4.73. The van der Waals surface area contributed by atoms with Gasteiger partial charge in [-0.3, -0.25) is 0 Å². The van der Waals surface area contributed by atoms with Crippen LogP contribution in [0, 0.1) is 0 Å². The lowest BCUT2D eigenvalue weighted by Gasteiger charge is -2.33. The van der Waals surface area contributed by atoms with Crippen molar-refractivity contribution in [2.24, 2.45) is 0 Å². The fourth-order valence-corrected chi connectivity index (χ4v) is 3.56. The van der Waals surface area contributed by atoms with Gasteiger partial charge in [0.2, 0.25) is 0 Å². The van der Waals surface area contributed by atoms with E-state index < -0.39 is 0 Å². The van der Waals surface area contributed by atoms with E-state index in [1.807, 2.05) is 6.33 Å². The highest BCUT2D eigenvalue weighted by Crippen LogP contribution is 2.43. The van der Waals surface area contributed by atoms with Gasteiger partial charge in [0.1, 0.15) is 11.4 Å². The van der Waals surface area contributed by atoms with Crippen LogP contribution in [0.3, 0.4) is 0 Å². The van der Waals surface area contributed by atoms with Crippen LogP contribution in [0.15, 0.2) is 30.6 Å². The highest BCUT2D eigenvalue weighted by Gasteiger charge is 2.30. The third-order valence-corrected chi connectivity index (χ3v) is 4.64. The lowest BCUT2D eigenvalue weighted by molar-refractivity contribution is 0.0873. The van der Waals surface area contributed by atoms with Crippen LogP contribution >= 0.6 is 0 Å². The molecule has 0 fully saturated rings. The third kappa shape index (κ3) is 1.92. The van der Waals surface area contributed by atoms with Crippen molar-refractivity contribution in [2.45, 2.75) is 52.2 Å². The first-order valence-electron chi connectivity index (χ1n) is 8.18. The summed E-state index contributed by atoms with van der Waals surface area (Å²) >= 11 is 0. The lowest BCUT2D eigenvalue weighted by Crippen LogP contribution is -2.32. The van der Waals surface area contributed by atoms with Crippen molar-refractivity contribution in [3.63, 3.8) is 0 Å². The first-order valence-corrected chi connectivity index (χ1v) is 8.18. The summed E-state index contributed by atoms with van der Waals surface area (Å²) < 4.78 is 8.65. The molecule has 1 aliphatic rings. The van der Waals surface area contributed by atoms with Gasteiger partial charge in [-0.05, 0) is 33.1 Å². The van der Waals surface area contributed by atoms with Gasteiger partial charge in [0.25, 0.3) is 0 Å². The molecule has 3 aromatic rings. The summed E-state index contributed by atoms with van der Waals surface area (Å²) in [5.74, 6) is 1.04. The van der Waals surface area contributed by atoms with Crippen molar-refractivity contribution in [3.05, 3.63) is 36.2 Å². The number of imidazole rings is 1. The molecular weight excluding hydrogens is 272 g/mol. The SMILES string of the molecule is CCCn1cnc2c3c(c4ccccc4c21)OC(C)(C)CC3. The molecule has 2 heterocycles. The third-order valence-electron chi connectivity index (χ3n) is 4.64. The second-order valence-electron chi connectivity index (χ2n) is 6.85. The summed E-state index contributed by atoms with van der Waals surface area (Å²) in [5, 5.41) is 2.47. The van der Waals surface area contributed by atoms with E-state index in [1.54, 1.807) is 0 Å². The molecule has 0 aliphatic carbocycles. The summed E-state index contributed by atoms with van der Waals surface area (Å²) in [7, 11) is 0. The van der Waals surface area contributed by atoms with E-state index in [1.165, 1.54) is 21.9 Å². The molecule has 0 spiro atoms. The van der Waals surface area contributed by atoms with Gasteiger partial charge in [-0.2, -0.15) is 0 Å². The Kier molecular flexibility index (Phi) is 2.93. The van der Waals surface area contributed by atoms with E-state index >= 15 is 0 Å². The minimum Gasteiger partial charge on any atom is -0.487 e. The Morgan fingerprint density at radius 1 is 1.23 bits per heavy atom. The largest absolute Gasteiger partial charge is 0.487 e. The Labute approximate surface area is 130 Å². The summed E-state index contributed by atoms with van der Waals surface area (Å²) in [4.78, 5) is 4.73. The number of hydrogen-bond acceptors (Lipinski definition) is 2. The first kappa shape index (κ1) is 13.6. The standard InChI is InChI=1S/C19H22N2O/c1-4-11-21-12-20-16-15-9-10-19(2,3)22-18(15)14-8-6-5-7-13(14)17(16)21/h5-8,12H,4,9-11H2,1-3H3. The molecule has 0 atom stereocenters. The average Bonchev–Trinajstić information content (AvgIpc) is 2.91. The van der Waals surface area contributed by atoms with Crippen LogP contribution in [0.25, 0.3) is 21.8 Å². The quantitative estimate of drug-likeness (QED) is 0.685. The number of aryl methyl sites for hydroxylation is 2. The van der Waals surface area contributed by atoms with Crippen LogP contribution in [0.5, 0.6) is 5.75 Å². The molecule has 0 N–H and O–H groups in total. The normalized spacial score (nSPS) is 16.7. The predicted molar refractivity (Wildman–Crippen MR) is 90.6 cm³/mol. The Morgan fingerprint density at radius 2 is 2.00 bits per heavy atom. The molecule has 4 rings (SSSR count). The van der Waals surface area contributed by atoms with Gasteiger partial charge in [0.15, 0.2) is 0 Å². The van der Waals surface area contributed by atoms with E-state index in [0.717, 1.165) is 37.1 Å². The molecule has 0 radical (unpaired) electrons. The van der Waals surface area contributed by atoms with Gasteiger partial charge < -0.3 is 9.30 Å². The van der Waals surface area contributed by atoms with Crippen LogP contribution < -0.4 is 4.74 Å². The Hall–Kier alpha value is -2.03. The summed E-state index contributed by atoms with van der Waals surface area (Å²) in [5.41, 5.74) is 3.56.